The molecule has 2 fully saturated rings. The van der Waals surface area contributed by atoms with Gasteiger partial charge in [-0.3, -0.25) is 14.6 Å². The molecule has 1 aromatic carbocycles. The lowest BCUT2D eigenvalue weighted by Crippen LogP contribution is -2.53. The maximum atomic E-state index is 13.3. The summed E-state index contributed by atoms with van der Waals surface area (Å²) in [6, 6.07) is 16.3. The third-order valence-electron chi connectivity index (χ3n) is 8.52. The van der Waals surface area contributed by atoms with Crippen LogP contribution >= 0.6 is 0 Å². The van der Waals surface area contributed by atoms with E-state index in [0.29, 0.717) is 41.8 Å². The number of amides is 2. The average molecular weight is 585 g/mol. The summed E-state index contributed by atoms with van der Waals surface area (Å²) in [5, 5.41) is 11.9. The standard InChI is InChI=1S/C33H29N9O2/c34-17-27-10-9-25(18-38-27)33(44)41-14-1-2-26(20-41)30-28-19-36-13-15-42(28,35)31(40-30)22-5-7-23(8-6-22)32(43)39-29-16-24(11-12-37-29)21-3-4-21/h5-13,15-16,18-19,21,26H,1-4,14,20,35H2/p+1. The van der Waals surface area contributed by atoms with E-state index in [1.165, 1.54) is 24.6 Å². The molecule has 11 heteroatoms. The number of nitrogens with zero attached hydrogens (tertiary/aromatic N) is 7. The maximum Gasteiger partial charge on any atom is 0.264 e. The Hall–Kier alpha value is -5.31. The van der Waals surface area contributed by atoms with Crippen LogP contribution in [0, 0.1) is 17.2 Å². The lowest BCUT2D eigenvalue weighted by atomic mass is 9.93. The number of rotatable bonds is 6. The van der Waals surface area contributed by atoms with Crippen molar-refractivity contribution in [3.8, 4) is 6.07 Å². The fraction of sp³-hybridized carbons (Fsp3) is 0.242. The number of amidine groups is 1. The molecule has 3 N–H and O–H groups in total. The minimum absolute atomic E-state index is 0.0468. The summed E-state index contributed by atoms with van der Waals surface area (Å²) in [5.41, 5.74) is 4.74. The lowest BCUT2D eigenvalue weighted by Gasteiger charge is -2.33. The van der Waals surface area contributed by atoms with Crippen molar-refractivity contribution in [2.45, 2.75) is 31.6 Å². The predicted octanol–water partition coefficient (Wildman–Crippen LogP) is 4.25. The molecule has 44 heavy (non-hydrogen) atoms. The number of aromatic nitrogens is 2. The number of hydrogen-bond acceptors (Lipinski definition) is 8. The molecule has 11 nitrogen and oxygen atoms in total. The number of quaternary nitrogens is 1. The molecule has 0 bridgehead atoms. The van der Waals surface area contributed by atoms with Crippen LogP contribution in [0.15, 0.2) is 94.7 Å². The van der Waals surface area contributed by atoms with Crippen LogP contribution in [-0.4, -0.2) is 56.4 Å². The first kappa shape index (κ1) is 27.5. The number of nitriles is 1. The van der Waals surface area contributed by atoms with Crippen molar-refractivity contribution in [2.75, 3.05) is 18.4 Å². The molecule has 1 saturated carbocycles. The molecule has 2 unspecified atom stereocenters. The summed E-state index contributed by atoms with van der Waals surface area (Å²) in [6.45, 7) is 1.09. The predicted molar refractivity (Wildman–Crippen MR) is 164 cm³/mol. The summed E-state index contributed by atoms with van der Waals surface area (Å²) >= 11 is 0. The van der Waals surface area contributed by atoms with E-state index < -0.39 is 0 Å². The smallest absolute Gasteiger partial charge is 0.264 e. The van der Waals surface area contributed by atoms with Crippen molar-refractivity contribution < 1.29 is 14.2 Å². The Kier molecular flexibility index (Phi) is 6.93. The molecule has 2 aromatic heterocycles. The molecule has 1 aliphatic carbocycles. The highest BCUT2D eigenvalue weighted by Crippen LogP contribution is 2.40. The van der Waals surface area contributed by atoms with E-state index in [1.54, 1.807) is 49.1 Å². The molecular weight excluding hydrogens is 554 g/mol. The van der Waals surface area contributed by atoms with Gasteiger partial charge in [0.15, 0.2) is 0 Å². The molecule has 2 atom stereocenters. The number of carbonyl (C=O) groups excluding carboxylic acids is 2. The zero-order valence-corrected chi connectivity index (χ0v) is 23.9. The Balaban J connectivity index is 1.11. The second-order valence-electron chi connectivity index (χ2n) is 11.5. The maximum absolute atomic E-state index is 13.3. The largest absolute Gasteiger partial charge is 0.338 e. The van der Waals surface area contributed by atoms with E-state index in [2.05, 4.69) is 20.3 Å². The van der Waals surface area contributed by atoms with Gasteiger partial charge in [0, 0.05) is 37.0 Å². The summed E-state index contributed by atoms with van der Waals surface area (Å²) in [4.78, 5) is 45.9. The molecule has 5 heterocycles. The lowest BCUT2D eigenvalue weighted by molar-refractivity contribution is -0.750. The van der Waals surface area contributed by atoms with E-state index >= 15 is 0 Å². The first-order valence-corrected chi connectivity index (χ1v) is 14.7. The van der Waals surface area contributed by atoms with Gasteiger partial charge in [0.25, 0.3) is 17.6 Å². The van der Waals surface area contributed by atoms with Gasteiger partial charge >= 0.3 is 0 Å². The van der Waals surface area contributed by atoms with Crippen molar-refractivity contribution in [3.63, 3.8) is 0 Å². The van der Waals surface area contributed by atoms with Gasteiger partial charge in [0.2, 0.25) is 5.70 Å². The first-order valence-electron chi connectivity index (χ1n) is 14.7. The molecule has 218 valence electrons. The highest BCUT2D eigenvalue weighted by molar-refractivity contribution is 6.05. The van der Waals surface area contributed by atoms with Crippen molar-refractivity contribution in [2.24, 2.45) is 21.7 Å². The minimum atomic E-state index is -0.240. The highest BCUT2D eigenvalue weighted by atomic mass is 16.2. The van der Waals surface area contributed by atoms with E-state index in [9.17, 15) is 9.59 Å². The zero-order valence-electron chi connectivity index (χ0n) is 23.9. The first-order chi connectivity index (χ1) is 21.4. The number of likely N-dealkylation sites (tertiary alicyclic amines) is 1. The average Bonchev–Trinajstić information content (AvgIpc) is 3.87. The van der Waals surface area contributed by atoms with E-state index in [0.717, 1.165) is 29.8 Å². The van der Waals surface area contributed by atoms with Gasteiger partial charge < -0.3 is 10.2 Å². The number of pyridine rings is 2. The van der Waals surface area contributed by atoms with Crippen LogP contribution in [0.5, 0.6) is 0 Å². The van der Waals surface area contributed by atoms with Crippen LogP contribution in [-0.2, 0) is 0 Å². The highest BCUT2D eigenvalue weighted by Gasteiger charge is 2.46. The van der Waals surface area contributed by atoms with Crippen LogP contribution in [0.2, 0.25) is 0 Å². The van der Waals surface area contributed by atoms with Gasteiger partial charge in [-0.25, -0.2) is 9.97 Å². The van der Waals surface area contributed by atoms with E-state index in [-0.39, 0.29) is 28.0 Å². The Morgan fingerprint density at radius 2 is 1.84 bits per heavy atom. The fourth-order valence-electron chi connectivity index (χ4n) is 6.01. The number of aliphatic imine (C=N–C) groups is 2. The monoisotopic (exact) mass is 584 g/mol. The minimum Gasteiger partial charge on any atom is -0.338 e. The van der Waals surface area contributed by atoms with Crippen molar-refractivity contribution in [3.05, 3.63) is 113 Å². The second kappa shape index (κ2) is 11.1. The normalized spacial score (nSPS) is 22.3. The van der Waals surface area contributed by atoms with Gasteiger partial charge in [0.1, 0.15) is 29.5 Å². The Morgan fingerprint density at radius 3 is 2.59 bits per heavy atom. The number of allylic oxidation sites excluding steroid dienone is 1. The summed E-state index contributed by atoms with van der Waals surface area (Å²) in [7, 11) is 0. The Bertz CT molecular complexity index is 1810. The number of anilines is 1. The molecule has 0 radical (unpaired) electrons. The van der Waals surface area contributed by atoms with E-state index in [1.807, 2.05) is 35.2 Å². The van der Waals surface area contributed by atoms with Crippen LogP contribution in [0.4, 0.5) is 5.82 Å². The molecule has 4 aliphatic rings. The van der Waals surface area contributed by atoms with Gasteiger partial charge in [-0.2, -0.15) is 16.1 Å². The van der Waals surface area contributed by atoms with Crippen molar-refractivity contribution in [1.29, 1.82) is 5.26 Å². The number of nitrogens with two attached hydrogens (primary N) is 1. The van der Waals surface area contributed by atoms with Crippen LogP contribution in [0.1, 0.15) is 69.1 Å². The topological polar surface area (TPSA) is 150 Å². The second-order valence-corrected chi connectivity index (χ2v) is 11.5. The van der Waals surface area contributed by atoms with Crippen LogP contribution in [0.25, 0.3) is 0 Å². The third kappa shape index (κ3) is 5.10. The molecule has 3 aliphatic heterocycles. The number of hydrogen-bond donors (Lipinski definition) is 2. The van der Waals surface area contributed by atoms with Crippen LogP contribution < -0.4 is 11.2 Å². The van der Waals surface area contributed by atoms with Gasteiger partial charge in [0.05, 0.1) is 23.5 Å². The van der Waals surface area contributed by atoms with Crippen LogP contribution in [0.3, 0.4) is 0 Å². The summed E-state index contributed by atoms with van der Waals surface area (Å²) in [6.07, 6.45) is 12.4. The summed E-state index contributed by atoms with van der Waals surface area (Å²) < 4.78 is -0.147. The summed E-state index contributed by atoms with van der Waals surface area (Å²) in [5.74, 6) is 8.27. The molecule has 0 spiro atoms. The quantitative estimate of drug-likeness (QED) is 0.327. The van der Waals surface area contributed by atoms with Gasteiger partial charge in [-0.1, -0.05) is 0 Å². The van der Waals surface area contributed by atoms with E-state index in [4.69, 9.17) is 16.1 Å². The zero-order chi connectivity index (χ0) is 30.3. The SMILES string of the molecule is N#Cc1ccc(C(=O)N2CCCC(C3=C4C=NC=C[N+]4(N)C(c4ccc(C(=O)Nc5cc(C6CC6)ccn5)cc4)=N3)C2)cn1. The molecule has 7 rings (SSSR count). The molecule has 3 aromatic rings. The fourth-order valence-corrected chi connectivity index (χ4v) is 6.01. The number of fused-ring (bicyclic) bond motifs is 1. The Labute approximate surface area is 254 Å². The van der Waals surface area contributed by atoms with Crippen molar-refractivity contribution in [1.82, 2.24) is 14.9 Å². The number of nitrogens with one attached hydrogen (secondary N) is 1. The molecular formula is C33H30N9O2+. The third-order valence-corrected chi connectivity index (χ3v) is 8.52. The molecule has 1 saturated heterocycles. The molecule has 2 amide bonds. The van der Waals surface area contributed by atoms with Gasteiger partial charge in [-0.15, -0.1) is 4.59 Å². The van der Waals surface area contributed by atoms with Crippen molar-refractivity contribution >= 4 is 29.7 Å². The number of benzene rings is 1. The number of carbonyl (C=O) groups is 2. The van der Waals surface area contributed by atoms with Gasteiger partial charge in [-0.05, 0) is 85.7 Å². The number of piperidine rings is 1. The Morgan fingerprint density at radius 1 is 1.02 bits per heavy atom.